The van der Waals surface area contributed by atoms with Crippen LogP contribution in [0.25, 0.3) is 0 Å². The smallest absolute Gasteiger partial charge is 0.324 e. The van der Waals surface area contributed by atoms with Crippen LogP contribution in [-0.2, 0) is 0 Å². The van der Waals surface area contributed by atoms with Crippen LogP contribution in [0.2, 0.25) is 0 Å². The topological polar surface area (TPSA) is 94.5 Å². The summed E-state index contributed by atoms with van der Waals surface area (Å²) in [6.07, 6.45) is 8.13. The van der Waals surface area contributed by atoms with Gasteiger partial charge in [-0.2, -0.15) is 4.98 Å². The molecule has 0 unspecified atom stereocenters. The summed E-state index contributed by atoms with van der Waals surface area (Å²) >= 11 is 0. The van der Waals surface area contributed by atoms with Crippen LogP contribution in [-0.4, -0.2) is 35.7 Å². The zero-order valence-electron chi connectivity index (χ0n) is 17.1. The minimum atomic E-state index is -0.403. The second-order valence-corrected chi connectivity index (χ2v) is 8.33. The first-order valence-electron chi connectivity index (χ1n) is 10.7. The molecule has 1 aliphatic heterocycles. The molecule has 1 aromatic carbocycles. The number of nitrogens with two attached hydrogens (primary N) is 1. The predicted molar refractivity (Wildman–Crippen MR) is 110 cm³/mol. The fourth-order valence-electron chi connectivity index (χ4n) is 4.16. The van der Waals surface area contributed by atoms with Gasteiger partial charge in [0.05, 0.1) is 6.61 Å². The summed E-state index contributed by atoms with van der Waals surface area (Å²) in [5.41, 5.74) is 6.74. The molecule has 2 fully saturated rings. The van der Waals surface area contributed by atoms with Gasteiger partial charge < -0.3 is 19.9 Å². The van der Waals surface area contributed by atoms with Crippen molar-refractivity contribution in [2.24, 2.45) is 11.7 Å². The third-order valence-electron chi connectivity index (χ3n) is 6.28. The monoisotopic (exact) mass is 398 g/mol. The molecule has 4 rings (SSSR count). The van der Waals surface area contributed by atoms with Gasteiger partial charge in [0.15, 0.2) is 5.82 Å². The van der Waals surface area contributed by atoms with Crippen molar-refractivity contribution in [2.75, 3.05) is 24.6 Å². The Labute approximate surface area is 171 Å². The van der Waals surface area contributed by atoms with Crippen molar-refractivity contribution in [1.29, 1.82) is 0 Å². The summed E-state index contributed by atoms with van der Waals surface area (Å²) in [7, 11) is 0. The second kappa shape index (κ2) is 8.84. The van der Waals surface area contributed by atoms with Crippen LogP contribution in [0.4, 0.5) is 6.01 Å². The lowest BCUT2D eigenvalue weighted by Gasteiger charge is -2.30. The molecule has 156 valence electrons. The average molecular weight is 399 g/mol. The summed E-state index contributed by atoms with van der Waals surface area (Å²) in [5.74, 6) is 2.51. The number of aryl methyl sites for hydroxylation is 1. The van der Waals surface area contributed by atoms with Crippen molar-refractivity contribution in [3.63, 3.8) is 0 Å². The molecule has 2 aliphatic rings. The van der Waals surface area contributed by atoms with E-state index in [1.165, 1.54) is 19.3 Å². The highest BCUT2D eigenvalue weighted by Crippen LogP contribution is 2.35. The number of carbonyl (C=O) groups is 1. The Hall–Kier alpha value is -2.57. The lowest BCUT2D eigenvalue weighted by atomic mass is 9.85. The van der Waals surface area contributed by atoms with E-state index >= 15 is 0 Å². The van der Waals surface area contributed by atoms with Crippen molar-refractivity contribution < 1.29 is 14.1 Å². The number of nitrogens with zero attached hydrogens (tertiary/aromatic N) is 3. The Morgan fingerprint density at radius 1 is 1.28 bits per heavy atom. The lowest BCUT2D eigenvalue weighted by Crippen LogP contribution is -2.34. The SMILES string of the molecule is Cc1cc(OCCCC2CCN(c3nc(C4CCC4)no3)CC2)ccc1C(N)=O. The zero-order valence-corrected chi connectivity index (χ0v) is 17.1. The maximum Gasteiger partial charge on any atom is 0.324 e. The molecule has 0 radical (unpaired) electrons. The number of primary amides is 1. The normalized spacial score (nSPS) is 17.9. The molecule has 7 heteroatoms. The largest absolute Gasteiger partial charge is 0.494 e. The van der Waals surface area contributed by atoms with Gasteiger partial charge in [0.1, 0.15) is 5.75 Å². The maximum atomic E-state index is 11.3. The van der Waals surface area contributed by atoms with E-state index in [9.17, 15) is 4.79 Å². The second-order valence-electron chi connectivity index (χ2n) is 8.33. The average Bonchev–Trinajstić information content (AvgIpc) is 3.13. The van der Waals surface area contributed by atoms with Crippen LogP contribution in [0.3, 0.4) is 0 Å². The molecular formula is C22H30N4O3. The van der Waals surface area contributed by atoms with Gasteiger partial charge in [0.2, 0.25) is 5.91 Å². The fraction of sp³-hybridized carbons (Fsp3) is 0.591. The van der Waals surface area contributed by atoms with Gasteiger partial charge in [-0.3, -0.25) is 4.79 Å². The maximum absolute atomic E-state index is 11.3. The molecule has 2 N–H and O–H groups in total. The Balaban J connectivity index is 1.16. The van der Waals surface area contributed by atoms with E-state index in [1.54, 1.807) is 6.07 Å². The van der Waals surface area contributed by atoms with Crippen molar-refractivity contribution in [2.45, 2.75) is 57.8 Å². The number of benzene rings is 1. The summed E-state index contributed by atoms with van der Waals surface area (Å²) in [6.45, 7) is 4.51. The molecule has 29 heavy (non-hydrogen) atoms. The van der Waals surface area contributed by atoms with E-state index in [0.29, 0.717) is 30.0 Å². The molecule has 1 aliphatic carbocycles. The number of piperidine rings is 1. The first-order valence-corrected chi connectivity index (χ1v) is 10.7. The number of aromatic nitrogens is 2. The van der Waals surface area contributed by atoms with E-state index in [0.717, 1.165) is 55.9 Å². The Bertz CT molecular complexity index is 838. The molecule has 2 heterocycles. The predicted octanol–water partition coefficient (Wildman–Crippen LogP) is 3.82. The molecule has 2 aromatic rings. The van der Waals surface area contributed by atoms with Gasteiger partial charge in [-0.1, -0.05) is 11.6 Å². The number of rotatable bonds is 8. The van der Waals surface area contributed by atoms with E-state index in [1.807, 2.05) is 19.1 Å². The molecule has 7 nitrogen and oxygen atoms in total. The highest BCUT2D eigenvalue weighted by molar-refractivity contribution is 5.94. The Morgan fingerprint density at radius 3 is 2.72 bits per heavy atom. The molecular weight excluding hydrogens is 368 g/mol. The number of hydrogen-bond acceptors (Lipinski definition) is 6. The summed E-state index contributed by atoms with van der Waals surface area (Å²) < 4.78 is 11.3. The summed E-state index contributed by atoms with van der Waals surface area (Å²) in [6, 6.07) is 6.12. The lowest BCUT2D eigenvalue weighted by molar-refractivity contribution is 0.0999. The molecule has 1 amide bonds. The van der Waals surface area contributed by atoms with Crippen LogP contribution in [0.1, 0.15) is 72.6 Å². The Morgan fingerprint density at radius 2 is 2.07 bits per heavy atom. The van der Waals surface area contributed by atoms with Crippen LogP contribution in [0, 0.1) is 12.8 Å². The van der Waals surface area contributed by atoms with Gasteiger partial charge in [-0.15, -0.1) is 0 Å². The summed E-state index contributed by atoms with van der Waals surface area (Å²) in [5, 5.41) is 4.17. The van der Waals surface area contributed by atoms with Crippen LogP contribution in [0.15, 0.2) is 22.7 Å². The summed E-state index contributed by atoms with van der Waals surface area (Å²) in [4.78, 5) is 18.1. The van der Waals surface area contributed by atoms with Crippen molar-refractivity contribution in [3.05, 3.63) is 35.2 Å². The standard InChI is InChI=1S/C22H30N4O3/c1-15-14-18(7-8-19(15)20(23)27)28-13-3-4-16-9-11-26(12-10-16)22-24-21(25-29-22)17-5-2-6-17/h7-8,14,16-17H,2-6,9-13H2,1H3,(H2,23,27). The van der Waals surface area contributed by atoms with Crippen LogP contribution >= 0.6 is 0 Å². The van der Waals surface area contributed by atoms with Crippen molar-refractivity contribution in [1.82, 2.24) is 10.1 Å². The molecule has 1 aromatic heterocycles. The minimum Gasteiger partial charge on any atom is -0.494 e. The van der Waals surface area contributed by atoms with Crippen molar-refractivity contribution >= 4 is 11.9 Å². The van der Waals surface area contributed by atoms with Crippen LogP contribution in [0.5, 0.6) is 5.75 Å². The van der Waals surface area contributed by atoms with Gasteiger partial charge in [-0.25, -0.2) is 0 Å². The van der Waals surface area contributed by atoms with Gasteiger partial charge in [-0.05, 0) is 75.1 Å². The third kappa shape index (κ3) is 4.71. The number of amides is 1. The molecule has 0 atom stereocenters. The van der Waals surface area contributed by atoms with E-state index in [-0.39, 0.29) is 0 Å². The van der Waals surface area contributed by atoms with Crippen molar-refractivity contribution in [3.8, 4) is 5.75 Å². The van der Waals surface area contributed by atoms with E-state index in [2.05, 4.69) is 15.0 Å². The fourth-order valence-corrected chi connectivity index (χ4v) is 4.16. The van der Waals surface area contributed by atoms with Gasteiger partial charge in [0.25, 0.3) is 0 Å². The highest BCUT2D eigenvalue weighted by Gasteiger charge is 2.27. The third-order valence-corrected chi connectivity index (χ3v) is 6.28. The number of anilines is 1. The Kier molecular flexibility index (Phi) is 6.02. The number of hydrogen-bond donors (Lipinski definition) is 1. The highest BCUT2D eigenvalue weighted by atomic mass is 16.5. The number of ether oxygens (including phenoxy) is 1. The first-order chi connectivity index (χ1) is 14.1. The van der Waals surface area contributed by atoms with Gasteiger partial charge >= 0.3 is 6.01 Å². The number of carbonyl (C=O) groups excluding carboxylic acids is 1. The molecule has 0 bridgehead atoms. The van der Waals surface area contributed by atoms with E-state index < -0.39 is 5.91 Å². The molecule has 1 saturated carbocycles. The zero-order chi connectivity index (χ0) is 20.2. The van der Waals surface area contributed by atoms with Crippen LogP contribution < -0.4 is 15.4 Å². The van der Waals surface area contributed by atoms with E-state index in [4.69, 9.17) is 15.0 Å². The quantitative estimate of drug-likeness (QED) is 0.679. The molecule has 0 spiro atoms. The van der Waals surface area contributed by atoms with Gasteiger partial charge in [0, 0.05) is 24.6 Å². The first kappa shape index (κ1) is 19.7. The molecule has 1 saturated heterocycles. The minimum absolute atomic E-state index is 0.403.